The molecule has 0 fully saturated rings. The topological polar surface area (TPSA) is 77.0 Å². The van der Waals surface area contributed by atoms with Gasteiger partial charge in [0.1, 0.15) is 6.04 Å². The summed E-state index contributed by atoms with van der Waals surface area (Å²) in [5.41, 5.74) is 0. The number of rotatable bonds is 12. The van der Waals surface area contributed by atoms with Gasteiger partial charge in [0.2, 0.25) is 0 Å². The first-order valence-corrected chi connectivity index (χ1v) is 5.83. The minimum atomic E-state index is -0.890. The van der Waals surface area contributed by atoms with Gasteiger partial charge in [-0.3, -0.25) is 4.79 Å². The number of hydrogen-bond donors (Lipinski definition) is 2. The summed E-state index contributed by atoms with van der Waals surface area (Å²) < 4.78 is 15.2. The zero-order valence-electron chi connectivity index (χ0n) is 10.6. The van der Waals surface area contributed by atoms with Crippen molar-refractivity contribution in [3.05, 3.63) is 0 Å². The van der Waals surface area contributed by atoms with Gasteiger partial charge in [0.15, 0.2) is 0 Å². The van der Waals surface area contributed by atoms with E-state index in [4.69, 9.17) is 19.3 Å². The fourth-order valence-electron chi connectivity index (χ4n) is 1.10. The molecule has 0 spiro atoms. The van der Waals surface area contributed by atoms with Crippen LogP contribution in [-0.4, -0.2) is 63.8 Å². The van der Waals surface area contributed by atoms with Gasteiger partial charge in [-0.15, -0.1) is 0 Å². The summed E-state index contributed by atoms with van der Waals surface area (Å²) >= 11 is 0. The van der Waals surface area contributed by atoms with Crippen LogP contribution in [0, 0.1) is 0 Å². The summed E-state index contributed by atoms with van der Waals surface area (Å²) in [4.78, 5) is 10.8. The van der Waals surface area contributed by atoms with E-state index >= 15 is 0 Å². The Balaban J connectivity index is 3.44. The maximum Gasteiger partial charge on any atom is 0.323 e. The van der Waals surface area contributed by atoms with E-state index in [2.05, 4.69) is 5.32 Å². The van der Waals surface area contributed by atoms with Gasteiger partial charge in [-0.05, 0) is 13.0 Å². The first-order valence-electron chi connectivity index (χ1n) is 5.83. The molecule has 0 amide bonds. The zero-order chi connectivity index (χ0) is 12.9. The smallest absolute Gasteiger partial charge is 0.323 e. The Morgan fingerprint density at radius 2 is 1.88 bits per heavy atom. The van der Waals surface area contributed by atoms with Crippen molar-refractivity contribution >= 4 is 5.97 Å². The number of hydrogen-bond acceptors (Lipinski definition) is 5. The van der Waals surface area contributed by atoms with Crippen LogP contribution in [0.4, 0.5) is 0 Å². The molecular formula is C11H23NO5. The summed E-state index contributed by atoms with van der Waals surface area (Å²) in [6.45, 7) is 4.72. The third-order valence-corrected chi connectivity index (χ3v) is 2.03. The number of carboxylic acid groups (broad SMARTS) is 1. The lowest BCUT2D eigenvalue weighted by molar-refractivity contribution is -0.141. The van der Waals surface area contributed by atoms with E-state index in [1.54, 1.807) is 7.11 Å². The van der Waals surface area contributed by atoms with Crippen LogP contribution in [0.25, 0.3) is 0 Å². The summed E-state index contributed by atoms with van der Waals surface area (Å²) in [7, 11) is 1.61. The van der Waals surface area contributed by atoms with Crippen LogP contribution in [0.2, 0.25) is 0 Å². The van der Waals surface area contributed by atoms with Gasteiger partial charge in [-0.2, -0.15) is 0 Å². The summed E-state index contributed by atoms with van der Waals surface area (Å²) in [6, 6.07) is -0.645. The Labute approximate surface area is 102 Å². The number of nitrogens with one attached hydrogen (secondary N) is 1. The monoisotopic (exact) mass is 249 g/mol. The highest BCUT2D eigenvalue weighted by Crippen LogP contribution is 1.89. The highest BCUT2D eigenvalue weighted by atomic mass is 16.5. The number of methoxy groups -OCH3 is 1. The van der Waals surface area contributed by atoms with Crippen molar-refractivity contribution in [3.8, 4) is 0 Å². The van der Waals surface area contributed by atoms with E-state index in [1.165, 1.54) is 0 Å². The van der Waals surface area contributed by atoms with Gasteiger partial charge in [0.05, 0.1) is 33.0 Å². The molecule has 0 bridgehead atoms. The largest absolute Gasteiger partial charge is 0.480 e. The van der Waals surface area contributed by atoms with Gasteiger partial charge in [-0.1, -0.05) is 6.92 Å². The van der Waals surface area contributed by atoms with Gasteiger partial charge >= 0.3 is 5.97 Å². The Bertz CT molecular complexity index is 189. The maximum absolute atomic E-state index is 10.8. The summed E-state index contributed by atoms with van der Waals surface area (Å²) in [5, 5.41) is 11.8. The summed E-state index contributed by atoms with van der Waals surface area (Å²) in [5.74, 6) is -0.890. The van der Waals surface area contributed by atoms with Crippen molar-refractivity contribution in [2.24, 2.45) is 0 Å². The molecule has 2 N–H and O–H groups in total. The predicted octanol–water partition coefficient (Wildman–Crippen LogP) is 0.119. The van der Waals surface area contributed by atoms with Crippen molar-refractivity contribution in [2.75, 3.05) is 46.7 Å². The molecule has 102 valence electrons. The second-order valence-corrected chi connectivity index (χ2v) is 3.53. The lowest BCUT2D eigenvalue weighted by Gasteiger charge is -2.14. The third-order valence-electron chi connectivity index (χ3n) is 2.03. The lowest BCUT2D eigenvalue weighted by Crippen LogP contribution is -2.41. The van der Waals surface area contributed by atoms with Crippen molar-refractivity contribution in [1.29, 1.82) is 0 Å². The van der Waals surface area contributed by atoms with E-state index < -0.39 is 12.0 Å². The standard InChI is InChI=1S/C11H23NO5/c1-3-4-12-10(11(13)14)9-17-8-7-16-6-5-15-2/h10,12H,3-9H2,1-2H3,(H,13,14). The SMILES string of the molecule is CCCNC(COCCOCCOC)C(=O)O. The van der Waals surface area contributed by atoms with Crippen molar-refractivity contribution in [3.63, 3.8) is 0 Å². The molecule has 1 atom stereocenters. The minimum Gasteiger partial charge on any atom is -0.480 e. The molecular weight excluding hydrogens is 226 g/mol. The Morgan fingerprint density at radius 1 is 1.24 bits per heavy atom. The van der Waals surface area contributed by atoms with Crippen molar-refractivity contribution < 1.29 is 24.1 Å². The van der Waals surface area contributed by atoms with Crippen LogP contribution in [0.5, 0.6) is 0 Å². The highest BCUT2D eigenvalue weighted by Gasteiger charge is 2.15. The van der Waals surface area contributed by atoms with Gasteiger partial charge in [0, 0.05) is 7.11 Å². The molecule has 17 heavy (non-hydrogen) atoms. The molecule has 0 radical (unpaired) electrons. The molecule has 0 aromatic heterocycles. The fraction of sp³-hybridized carbons (Fsp3) is 0.909. The molecule has 0 aliphatic rings. The van der Waals surface area contributed by atoms with Crippen LogP contribution in [0.1, 0.15) is 13.3 Å². The third kappa shape index (κ3) is 10.2. The van der Waals surface area contributed by atoms with Gasteiger partial charge in [0.25, 0.3) is 0 Å². The predicted molar refractivity (Wildman–Crippen MR) is 63.2 cm³/mol. The summed E-state index contributed by atoms with van der Waals surface area (Å²) in [6.07, 6.45) is 0.893. The molecule has 6 heteroatoms. The van der Waals surface area contributed by atoms with E-state index in [1.807, 2.05) is 6.92 Å². The Kier molecular flexibility index (Phi) is 11.3. The van der Waals surface area contributed by atoms with Crippen LogP contribution in [0.3, 0.4) is 0 Å². The molecule has 0 aromatic carbocycles. The van der Waals surface area contributed by atoms with E-state index in [-0.39, 0.29) is 6.61 Å². The molecule has 0 aromatic rings. The molecule has 0 saturated carbocycles. The molecule has 0 saturated heterocycles. The molecule has 0 aliphatic heterocycles. The fourth-order valence-corrected chi connectivity index (χ4v) is 1.10. The average molecular weight is 249 g/mol. The van der Waals surface area contributed by atoms with Crippen LogP contribution in [-0.2, 0) is 19.0 Å². The number of ether oxygens (including phenoxy) is 3. The average Bonchev–Trinajstić information content (AvgIpc) is 2.31. The normalized spacial score (nSPS) is 12.6. The maximum atomic E-state index is 10.8. The highest BCUT2D eigenvalue weighted by molar-refractivity contribution is 5.73. The zero-order valence-corrected chi connectivity index (χ0v) is 10.6. The van der Waals surface area contributed by atoms with Crippen LogP contribution in [0.15, 0.2) is 0 Å². The first kappa shape index (κ1) is 16.3. The van der Waals surface area contributed by atoms with Gasteiger partial charge < -0.3 is 24.6 Å². The van der Waals surface area contributed by atoms with Crippen molar-refractivity contribution in [2.45, 2.75) is 19.4 Å². The molecule has 0 aliphatic carbocycles. The first-order chi connectivity index (χ1) is 8.22. The van der Waals surface area contributed by atoms with E-state index in [9.17, 15) is 4.79 Å². The van der Waals surface area contributed by atoms with E-state index in [0.29, 0.717) is 33.0 Å². The number of carbonyl (C=O) groups is 1. The van der Waals surface area contributed by atoms with Crippen LogP contribution >= 0.6 is 0 Å². The molecule has 6 nitrogen and oxygen atoms in total. The second kappa shape index (κ2) is 11.8. The molecule has 0 rings (SSSR count). The van der Waals surface area contributed by atoms with Crippen molar-refractivity contribution in [1.82, 2.24) is 5.32 Å². The molecule has 1 unspecified atom stereocenters. The Hall–Kier alpha value is -0.690. The van der Waals surface area contributed by atoms with Gasteiger partial charge in [-0.25, -0.2) is 0 Å². The number of aliphatic carboxylic acids is 1. The number of carboxylic acids is 1. The van der Waals surface area contributed by atoms with Crippen LogP contribution < -0.4 is 5.32 Å². The second-order valence-electron chi connectivity index (χ2n) is 3.53. The quantitative estimate of drug-likeness (QED) is 0.478. The minimum absolute atomic E-state index is 0.156. The molecule has 0 heterocycles. The Morgan fingerprint density at radius 3 is 2.47 bits per heavy atom. The van der Waals surface area contributed by atoms with E-state index in [0.717, 1.165) is 6.42 Å². The lowest BCUT2D eigenvalue weighted by atomic mass is 10.3.